The molecule has 0 atom stereocenters. The molecule has 1 amide bonds. The Kier molecular flexibility index (Phi) is 6.29. The molecule has 1 saturated carbocycles. The summed E-state index contributed by atoms with van der Waals surface area (Å²) in [6.45, 7) is 6.66. The lowest BCUT2D eigenvalue weighted by Gasteiger charge is -2.35. The third-order valence-electron chi connectivity index (χ3n) is 6.16. The normalized spacial score (nSPS) is 20.3. The van der Waals surface area contributed by atoms with Crippen molar-refractivity contribution in [2.24, 2.45) is 0 Å². The van der Waals surface area contributed by atoms with Crippen molar-refractivity contribution in [2.75, 3.05) is 43.9 Å². The van der Waals surface area contributed by atoms with Gasteiger partial charge in [-0.25, -0.2) is 12.8 Å². The van der Waals surface area contributed by atoms with Gasteiger partial charge in [-0.2, -0.15) is 0 Å². The van der Waals surface area contributed by atoms with Gasteiger partial charge in [0.15, 0.2) is 9.84 Å². The van der Waals surface area contributed by atoms with E-state index < -0.39 is 20.5 Å². The van der Waals surface area contributed by atoms with Crippen LogP contribution in [0.25, 0.3) is 0 Å². The Morgan fingerprint density at radius 2 is 1.82 bits per heavy atom. The van der Waals surface area contributed by atoms with E-state index >= 15 is 0 Å². The predicted molar refractivity (Wildman–Crippen MR) is 109 cm³/mol. The van der Waals surface area contributed by atoms with Crippen LogP contribution >= 0.6 is 0 Å². The number of rotatable bonds is 6. The summed E-state index contributed by atoms with van der Waals surface area (Å²) in [6, 6.07) is 4.98. The second-order valence-corrected chi connectivity index (χ2v) is 10.2. The maximum atomic E-state index is 14.6. The number of hydrogen-bond acceptors (Lipinski definition) is 5. The van der Waals surface area contributed by atoms with Crippen LogP contribution in [-0.2, 0) is 21.2 Å². The summed E-state index contributed by atoms with van der Waals surface area (Å²) in [5.74, 6) is -0.775. The second kappa shape index (κ2) is 8.37. The molecule has 1 N–H and O–H groups in total. The Labute approximate surface area is 167 Å². The lowest BCUT2D eigenvalue weighted by atomic mass is 10.1. The molecule has 1 aromatic carbocycles. The van der Waals surface area contributed by atoms with Gasteiger partial charge in [-0.15, -0.1) is 0 Å². The van der Waals surface area contributed by atoms with E-state index in [1.54, 1.807) is 12.1 Å². The minimum Gasteiger partial charge on any atom is -0.367 e. The fraction of sp³-hybridized carbons (Fsp3) is 0.650. The van der Waals surface area contributed by atoms with Crippen LogP contribution in [0.5, 0.6) is 0 Å². The zero-order valence-corrected chi connectivity index (χ0v) is 17.5. The highest BCUT2D eigenvalue weighted by atomic mass is 32.2. The molecular formula is C20H30FN3O3S. The number of halogens is 1. The van der Waals surface area contributed by atoms with E-state index in [-0.39, 0.29) is 12.4 Å². The molecule has 2 aliphatic rings. The fourth-order valence-electron chi connectivity index (χ4n) is 4.28. The number of amides is 1. The number of nitrogens with zero attached hydrogens (tertiary/aromatic N) is 2. The Hall–Kier alpha value is -1.67. The maximum absolute atomic E-state index is 14.6. The number of carbonyl (C=O) groups excluding carboxylic acids is 1. The molecule has 0 spiro atoms. The quantitative estimate of drug-likeness (QED) is 0.775. The number of nitrogens with one attached hydrogen (secondary N) is 1. The van der Waals surface area contributed by atoms with Gasteiger partial charge in [-0.3, -0.25) is 4.79 Å². The van der Waals surface area contributed by atoms with E-state index in [4.69, 9.17) is 0 Å². The third-order valence-corrected chi connectivity index (χ3v) is 8.17. The smallest absolute Gasteiger partial charge is 0.241 e. The number of carbonyl (C=O) groups is 1. The number of piperazine rings is 1. The fourth-order valence-corrected chi connectivity index (χ4v) is 5.72. The van der Waals surface area contributed by atoms with E-state index in [0.29, 0.717) is 24.1 Å². The summed E-state index contributed by atoms with van der Waals surface area (Å²) in [6.07, 6.45) is 3.30. The average molecular weight is 412 g/mol. The topological polar surface area (TPSA) is 69.7 Å². The number of benzene rings is 1. The van der Waals surface area contributed by atoms with Crippen molar-refractivity contribution in [3.8, 4) is 0 Å². The first-order valence-electron chi connectivity index (χ1n) is 10.0. The molecule has 1 aliphatic carbocycles. The molecule has 1 heterocycles. The lowest BCUT2D eigenvalue weighted by Crippen LogP contribution is -2.50. The van der Waals surface area contributed by atoms with E-state index in [1.807, 2.05) is 4.90 Å². The van der Waals surface area contributed by atoms with Crippen molar-refractivity contribution < 1.29 is 17.6 Å². The van der Waals surface area contributed by atoms with Gasteiger partial charge in [0, 0.05) is 39.0 Å². The largest absolute Gasteiger partial charge is 0.367 e. The highest BCUT2D eigenvalue weighted by Gasteiger charge is 2.49. The Morgan fingerprint density at radius 3 is 2.36 bits per heavy atom. The molecule has 0 radical (unpaired) electrons. The van der Waals surface area contributed by atoms with Crippen LogP contribution in [0.2, 0.25) is 0 Å². The zero-order valence-electron chi connectivity index (χ0n) is 16.7. The van der Waals surface area contributed by atoms with E-state index in [1.165, 1.54) is 6.07 Å². The Bertz CT molecular complexity index is 814. The molecule has 156 valence electrons. The molecule has 6 nitrogen and oxygen atoms in total. The minimum atomic E-state index is -3.50. The summed E-state index contributed by atoms with van der Waals surface area (Å²) >= 11 is 0. The van der Waals surface area contributed by atoms with Crippen molar-refractivity contribution >= 4 is 21.4 Å². The molecular weight excluding hydrogens is 381 g/mol. The van der Waals surface area contributed by atoms with Gasteiger partial charge in [-0.1, -0.05) is 25.8 Å². The minimum absolute atomic E-state index is 0.122. The van der Waals surface area contributed by atoms with Gasteiger partial charge >= 0.3 is 0 Å². The first-order valence-corrected chi connectivity index (χ1v) is 11.9. The SMILES string of the molecule is CCN1CCN(c2ccc(CNC(=O)C3(S(C)(=O)=O)CCCC3)cc2F)CC1. The molecule has 0 unspecified atom stereocenters. The van der Waals surface area contributed by atoms with Gasteiger partial charge in [0.1, 0.15) is 10.6 Å². The second-order valence-electron chi connectivity index (χ2n) is 7.86. The Balaban J connectivity index is 1.64. The zero-order chi connectivity index (χ0) is 20.4. The van der Waals surface area contributed by atoms with Crippen LogP contribution in [0.3, 0.4) is 0 Å². The van der Waals surface area contributed by atoms with Crippen LogP contribution in [0.4, 0.5) is 10.1 Å². The standard InChI is InChI=1S/C20H30FN3O3S/c1-3-23-10-12-24(13-11-23)18-7-6-16(14-17(18)21)15-22-19(25)20(28(2,26)27)8-4-5-9-20/h6-7,14H,3-5,8-13,15H2,1-2H3,(H,22,25). The summed E-state index contributed by atoms with van der Waals surface area (Å²) in [7, 11) is -3.50. The first kappa shape index (κ1) is 21.0. The van der Waals surface area contributed by atoms with Crippen molar-refractivity contribution in [2.45, 2.75) is 43.9 Å². The number of likely N-dealkylation sites (N-methyl/N-ethyl adjacent to an activating group) is 1. The van der Waals surface area contributed by atoms with Crippen LogP contribution < -0.4 is 10.2 Å². The Morgan fingerprint density at radius 1 is 1.18 bits per heavy atom. The maximum Gasteiger partial charge on any atom is 0.241 e. The molecule has 28 heavy (non-hydrogen) atoms. The van der Waals surface area contributed by atoms with Crippen molar-refractivity contribution in [3.05, 3.63) is 29.6 Å². The van der Waals surface area contributed by atoms with E-state index in [0.717, 1.165) is 51.8 Å². The molecule has 3 rings (SSSR count). The number of anilines is 1. The lowest BCUT2D eigenvalue weighted by molar-refractivity contribution is -0.123. The predicted octanol–water partition coefficient (Wildman–Crippen LogP) is 1.94. The average Bonchev–Trinajstić information content (AvgIpc) is 3.18. The molecule has 2 fully saturated rings. The summed E-state index contributed by atoms with van der Waals surface area (Å²) in [4.78, 5) is 17.0. The van der Waals surface area contributed by atoms with Crippen molar-refractivity contribution in [3.63, 3.8) is 0 Å². The molecule has 0 aromatic heterocycles. The summed E-state index contributed by atoms with van der Waals surface area (Å²) < 4.78 is 37.7. The summed E-state index contributed by atoms with van der Waals surface area (Å²) in [5, 5.41) is 2.72. The van der Waals surface area contributed by atoms with Gasteiger partial charge in [-0.05, 0) is 37.1 Å². The van der Waals surface area contributed by atoms with Crippen LogP contribution in [-0.4, -0.2) is 63.0 Å². The van der Waals surface area contributed by atoms with Gasteiger partial charge in [0.2, 0.25) is 5.91 Å². The van der Waals surface area contributed by atoms with Crippen LogP contribution in [0.15, 0.2) is 18.2 Å². The third kappa shape index (κ3) is 4.17. The molecule has 1 saturated heterocycles. The van der Waals surface area contributed by atoms with Crippen LogP contribution in [0.1, 0.15) is 38.2 Å². The molecule has 8 heteroatoms. The molecule has 1 aromatic rings. The van der Waals surface area contributed by atoms with E-state index in [9.17, 15) is 17.6 Å². The number of sulfone groups is 1. The molecule has 0 bridgehead atoms. The number of hydrogen-bond donors (Lipinski definition) is 1. The monoisotopic (exact) mass is 411 g/mol. The molecule has 1 aliphatic heterocycles. The first-order chi connectivity index (χ1) is 13.3. The van der Waals surface area contributed by atoms with Gasteiger partial charge < -0.3 is 15.1 Å². The van der Waals surface area contributed by atoms with E-state index in [2.05, 4.69) is 17.1 Å². The van der Waals surface area contributed by atoms with Gasteiger partial charge in [0.05, 0.1) is 5.69 Å². The van der Waals surface area contributed by atoms with Crippen molar-refractivity contribution in [1.82, 2.24) is 10.2 Å². The van der Waals surface area contributed by atoms with Crippen LogP contribution in [0, 0.1) is 5.82 Å². The van der Waals surface area contributed by atoms with Gasteiger partial charge in [0.25, 0.3) is 0 Å². The highest BCUT2D eigenvalue weighted by molar-refractivity contribution is 7.92. The van der Waals surface area contributed by atoms with Crippen molar-refractivity contribution in [1.29, 1.82) is 0 Å². The summed E-state index contributed by atoms with van der Waals surface area (Å²) in [5.41, 5.74) is 1.21. The highest BCUT2D eigenvalue weighted by Crippen LogP contribution is 2.36.